The van der Waals surface area contributed by atoms with E-state index in [4.69, 9.17) is 10.5 Å². The Balaban J connectivity index is 2.11. The molecule has 0 amide bonds. The molecule has 2 aromatic heterocycles. The highest BCUT2D eigenvalue weighted by molar-refractivity contribution is 7.18. The van der Waals surface area contributed by atoms with Crippen molar-refractivity contribution in [3.8, 4) is 11.6 Å². The first-order valence-corrected chi connectivity index (χ1v) is 7.08. The first-order chi connectivity index (χ1) is 10.1. The molecular formula is C14H11F2N3OS. The van der Waals surface area contributed by atoms with Crippen LogP contribution in [0.5, 0.6) is 11.6 Å². The number of hydrogen-bond donors (Lipinski definition) is 1. The zero-order valence-corrected chi connectivity index (χ0v) is 11.9. The SMILES string of the molecule is CCc1cc2c(Oc3cccc(F)c3F)nc(N)nc2s1. The van der Waals surface area contributed by atoms with Crippen molar-refractivity contribution in [2.24, 2.45) is 0 Å². The van der Waals surface area contributed by atoms with Crippen molar-refractivity contribution in [3.63, 3.8) is 0 Å². The Morgan fingerprint density at radius 2 is 2.10 bits per heavy atom. The van der Waals surface area contributed by atoms with E-state index in [-0.39, 0.29) is 17.6 Å². The van der Waals surface area contributed by atoms with Crippen LogP contribution in [0.2, 0.25) is 0 Å². The number of nitrogen functional groups attached to an aromatic ring is 1. The van der Waals surface area contributed by atoms with Gasteiger partial charge in [-0.3, -0.25) is 0 Å². The van der Waals surface area contributed by atoms with Gasteiger partial charge in [-0.15, -0.1) is 11.3 Å². The van der Waals surface area contributed by atoms with Crippen molar-refractivity contribution in [2.45, 2.75) is 13.3 Å². The summed E-state index contributed by atoms with van der Waals surface area (Å²) in [5.74, 6) is -2.13. The minimum absolute atomic E-state index is 0.0267. The van der Waals surface area contributed by atoms with Crippen LogP contribution >= 0.6 is 11.3 Å². The van der Waals surface area contributed by atoms with Gasteiger partial charge in [0.25, 0.3) is 0 Å². The molecule has 0 aliphatic carbocycles. The highest BCUT2D eigenvalue weighted by Gasteiger charge is 2.15. The molecule has 2 N–H and O–H groups in total. The Hall–Kier alpha value is -2.28. The molecule has 0 bridgehead atoms. The van der Waals surface area contributed by atoms with Crippen molar-refractivity contribution in [1.29, 1.82) is 0 Å². The lowest BCUT2D eigenvalue weighted by atomic mass is 10.3. The molecule has 21 heavy (non-hydrogen) atoms. The molecule has 1 aromatic carbocycles. The second-order valence-corrected chi connectivity index (χ2v) is 5.44. The van der Waals surface area contributed by atoms with E-state index in [0.29, 0.717) is 10.2 Å². The Morgan fingerprint density at radius 1 is 1.29 bits per heavy atom. The number of anilines is 1. The van der Waals surface area contributed by atoms with Crippen LogP contribution in [0.15, 0.2) is 24.3 Å². The van der Waals surface area contributed by atoms with Crippen LogP contribution in [0, 0.1) is 11.6 Å². The fourth-order valence-electron chi connectivity index (χ4n) is 1.88. The Labute approximate surface area is 123 Å². The normalized spacial score (nSPS) is 11.0. The van der Waals surface area contributed by atoms with Crippen molar-refractivity contribution in [2.75, 3.05) is 5.73 Å². The topological polar surface area (TPSA) is 61.0 Å². The summed E-state index contributed by atoms with van der Waals surface area (Å²) >= 11 is 1.46. The largest absolute Gasteiger partial charge is 0.435 e. The molecule has 0 spiro atoms. The van der Waals surface area contributed by atoms with Crippen LogP contribution in [0.1, 0.15) is 11.8 Å². The quantitative estimate of drug-likeness (QED) is 0.797. The van der Waals surface area contributed by atoms with Gasteiger partial charge in [0, 0.05) is 4.88 Å². The molecule has 0 saturated carbocycles. The molecule has 0 aliphatic heterocycles. The van der Waals surface area contributed by atoms with Crippen LogP contribution in [0.4, 0.5) is 14.7 Å². The summed E-state index contributed by atoms with van der Waals surface area (Å²) in [4.78, 5) is 9.84. The molecule has 0 aliphatic rings. The van der Waals surface area contributed by atoms with Gasteiger partial charge in [-0.05, 0) is 24.6 Å². The minimum atomic E-state index is -1.06. The zero-order valence-electron chi connectivity index (χ0n) is 11.1. The highest BCUT2D eigenvalue weighted by Crippen LogP contribution is 2.34. The minimum Gasteiger partial charge on any atom is -0.435 e. The number of nitrogens with zero attached hydrogens (tertiary/aromatic N) is 2. The molecule has 4 nitrogen and oxygen atoms in total. The van der Waals surface area contributed by atoms with Gasteiger partial charge in [0.05, 0.1) is 5.39 Å². The van der Waals surface area contributed by atoms with Gasteiger partial charge in [0.1, 0.15) is 4.83 Å². The molecular weight excluding hydrogens is 296 g/mol. The molecule has 0 fully saturated rings. The van der Waals surface area contributed by atoms with Crippen molar-refractivity contribution < 1.29 is 13.5 Å². The Bertz CT molecular complexity index is 819. The van der Waals surface area contributed by atoms with E-state index >= 15 is 0 Å². The van der Waals surface area contributed by atoms with Crippen LogP contribution in [0.25, 0.3) is 10.2 Å². The summed E-state index contributed by atoms with van der Waals surface area (Å²) in [7, 11) is 0. The van der Waals surface area contributed by atoms with Gasteiger partial charge in [0.2, 0.25) is 17.6 Å². The van der Waals surface area contributed by atoms with E-state index < -0.39 is 11.6 Å². The van der Waals surface area contributed by atoms with Gasteiger partial charge >= 0.3 is 0 Å². The summed E-state index contributed by atoms with van der Waals surface area (Å²) in [5.41, 5.74) is 5.63. The predicted molar refractivity (Wildman–Crippen MR) is 77.6 cm³/mol. The average molecular weight is 307 g/mol. The van der Waals surface area contributed by atoms with E-state index in [9.17, 15) is 8.78 Å². The van der Waals surface area contributed by atoms with Gasteiger partial charge in [-0.2, -0.15) is 9.37 Å². The van der Waals surface area contributed by atoms with Crippen molar-refractivity contribution >= 4 is 27.5 Å². The van der Waals surface area contributed by atoms with E-state index in [1.165, 1.54) is 23.5 Å². The highest BCUT2D eigenvalue weighted by atomic mass is 32.1. The lowest BCUT2D eigenvalue weighted by Crippen LogP contribution is -1.98. The molecule has 0 radical (unpaired) electrons. The number of fused-ring (bicyclic) bond motifs is 1. The van der Waals surface area contributed by atoms with Gasteiger partial charge in [0.15, 0.2) is 11.6 Å². The van der Waals surface area contributed by atoms with E-state index in [2.05, 4.69) is 9.97 Å². The number of rotatable bonds is 3. The lowest BCUT2D eigenvalue weighted by molar-refractivity contribution is 0.409. The van der Waals surface area contributed by atoms with Crippen LogP contribution in [-0.4, -0.2) is 9.97 Å². The number of hydrogen-bond acceptors (Lipinski definition) is 5. The standard InChI is InChI=1S/C14H11F2N3OS/c1-2-7-6-8-12(18-14(17)19-13(8)21-7)20-10-5-3-4-9(15)11(10)16/h3-6H,2H2,1H3,(H2,17,18,19). The summed E-state index contributed by atoms with van der Waals surface area (Å²) in [6.45, 7) is 2.01. The predicted octanol–water partition coefficient (Wildman–Crippen LogP) is 3.91. The number of nitrogens with two attached hydrogens (primary N) is 1. The molecule has 2 heterocycles. The zero-order chi connectivity index (χ0) is 15.0. The van der Waals surface area contributed by atoms with Crippen molar-refractivity contribution in [1.82, 2.24) is 9.97 Å². The molecule has 0 saturated heterocycles. The number of aromatic nitrogens is 2. The first-order valence-electron chi connectivity index (χ1n) is 6.26. The molecule has 0 unspecified atom stereocenters. The monoisotopic (exact) mass is 307 g/mol. The third kappa shape index (κ3) is 2.52. The molecule has 3 aromatic rings. The maximum absolute atomic E-state index is 13.7. The third-order valence-corrected chi connectivity index (χ3v) is 4.07. The van der Waals surface area contributed by atoms with Crippen LogP contribution in [0.3, 0.4) is 0 Å². The van der Waals surface area contributed by atoms with Gasteiger partial charge in [-0.25, -0.2) is 9.37 Å². The summed E-state index contributed by atoms with van der Waals surface area (Å²) < 4.78 is 32.3. The van der Waals surface area contributed by atoms with Crippen molar-refractivity contribution in [3.05, 3.63) is 40.8 Å². The lowest BCUT2D eigenvalue weighted by Gasteiger charge is -2.07. The maximum atomic E-state index is 13.7. The molecule has 7 heteroatoms. The maximum Gasteiger partial charge on any atom is 0.233 e. The van der Waals surface area contributed by atoms with E-state index in [1.807, 2.05) is 13.0 Å². The molecule has 3 rings (SSSR count). The number of ether oxygens (including phenoxy) is 1. The number of aryl methyl sites for hydroxylation is 1. The smallest absolute Gasteiger partial charge is 0.233 e. The van der Waals surface area contributed by atoms with Crippen LogP contribution in [-0.2, 0) is 6.42 Å². The van der Waals surface area contributed by atoms with Crippen LogP contribution < -0.4 is 10.5 Å². The first kappa shape index (κ1) is 13.7. The summed E-state index contributed by atoms with van der Waals surface area (Å²) in [6, 6.07) is 5.58. The fourth-order valence-corrected chi connectivity index (χ4v) is 2.84. The number of thiophene rings is 1. The molecule has 0 atom stereocenters. The average Bonchev–Trinajstić information content (AvgIpc) is 2.87. The summed E-state index contributed by atoms with van der Waals surface area (Å²) in [5, 5.41) is 0.634. The van der Waals surface area contributed by atoms with Gasteiger partial charge in [-0.1, -0.05) is 13.0 Å². The second kappa shape index (κ2) is 5.25. The summed E-state index contributed by atoms with van der Waals surface area (Å²) in [6.07, 6.45) is 0.828. The van der Waals surface area contributed by atoms with E-state index in [1.54, 1.807) is 0 Å². The second-order valence-electron chi connectivity index (χ2n) is 4.33. The van der Waals surface area contributed by atoms with Gasteiger partial charge < -0.3 is 10.5 Å². The van der Waals surface area contributed by atoms with E-state index in [0.717, 1.165) is 17.4 Å². The number of benzene rings is 1. The number of halogens is 2. The third-order valence-electron chi connectivity index (χ3n) is 2.90. The molecule has 108 valence electrons. The fraction of sp³-hybridized carbons (Fsp3) is 0.143. The Kier molecular flexibility index (Phi) is 3.42. The Morgan fingerprint density at radius 3 is 2.86 bits per heavy atom.